The fourth-order valence-corrected chi connectivity index (χ4v) is 6.84. The zero-order valence-electron chi connectivity index (χ0n) is 22.5. The molecular formula is C29H31N3O9. The lowest BCUT2D eigenvalue weighted by molar-refractivity contribution is -0.198. The normalized spacial score (nSPS) is 32.6. The van der Waals surface area contributed by atoms with Crippen LogP contribution >= 0.6 is 0 Å². The Morgan fingerprint density at radius 2 is 1.71 bits per heavy atom. The molecule has 0 saturated heterocycles. The zero-order valence-corrected chi connectivity index (χ0v) is 22.5. The first-order valence-corrected chi connectivity index (χ1v) is 13.1. The van der Waals surface area contributed by atoms with Gasteiger partial charge in [-0.2, -0.15) is 0 Å². The first-order chi connectivity index (χ1) is 19.3. The van der Waals surface area contributed by atoms with E-state index >= 15 is 0 Å². The minimum Gasteiger partial charge on any atom is -0.507 e. The molecule has 0 radical (unpaired) electrons. The number of amides is 2. The molecule has 3 aliphatic carbocycles. The summed E-state index contributed by atoms with van der Waals surface area (Å²) in [5.74, 6) is -10.2. The summed E-state index contributed by atoms with van der Waals surface area (Å²) in [4.78, 5) is 55.0. The molecule has 5 rings (SSSR count). The summed E-state index contributed by atoms with van der Waals surface area (Å²) in [6.07, 6.45) is -4.23. The summed E-state index contributed by atoms with van der Waals surface area (Å²) < 4.78 is 5.91. The molecule has 0 spiro atoms. The molecule has 216 valence electrons. The molecule has 2 aromatic rings. The Hall–Kier alpha value is -4.26. The molecule has 2 amide bonds. The lowest BCUT2D eigenvalue weighted by Gasteiger charge is -2.57. The highest BCUT2D eigenvalue weighted by Crippen LogP contribution is 2.56. The molecular weight excluding hydrogens is 534 g/mol. The number of carbonyl (C=O) groups excluding carboxylic acids is 4. The number of nitrogens with two attached hydrogens (primary N) is 1. The number of hydrogen-bond acceptors (Lipinski definition) is 10. The van der Waals surface area contributed by atoms with E-state index in [9.17, 15) is 39.6 Å². The van der Waals surface area contributed by atoms with Gasteiger partial charge in [-0.05, 0) is 43.8 Å². The van der Waals surface area contributed by atoms with E-state index in [2.05, 4.69) is 5.32 Å². The van der Waals surface area contributed by atoms with Crippen LogP contribution in [0.5, 0.6) is 5.75 Å². The number of primary amides is 1. The number of nitrogens with zero attached hydrogens (tertiary/aromatic N) is 1. The number of aliphatic hydroxyl groups is 3. The number of rotatable bonds is 4. The van der Waals surface area contributed by atoms with E-state index in [-0.39, 0.29) is 11.3 Å². The van der Waals surface area contributed by atoms with Gasteiger partial charge in [0.25, 0.3) is 0 Å². The topological polar surface area (TPSA) is 200 Å². The second kappa shape index (κ2) is 9.98. The summed E-state index contributed by atoms with van der Waals surface area (Å²) in [7, 11) is 3.02. The summed E-state index contributed by atoms with van der Waals surface area (Å²) in [5, 5.41) is 47.8. The third-order valence-corrected chi connectivity index (χ3v) is 8.59. The molecule has 41 heavy (non-hydrogen) atoms. The van der Waals surface area contributed by atoms with Crippen molar-refractivity contribution in [3.8, 4) is 5.75 Å². The van der Waals surface area contributed by atoms with E-state index in [4.69, 9.17) is 10.5 Å². The summed E-state index contributed by atoms with van der Waals surface area (Å²) in [5.41, 5.74) is 2.75. The van der Waals surface area contributed by atoms with Crippen molar-refractivity contribution in [3.05, 3.63) is 65.2 Å². The van der Waals surface area contributed by atoms with Crippen LogP contribution in [0.25, 0.3) is 5.76 Å². The Balaban J connectivity index is 1.74. The van der Waals surface area contributed by atoms with Crippen molar-refractivity contribution in [2.75, 3.05) is 19.4 Å². The van der Waals surface area contributed by atoms with Gasteiger partial charge in [-0.15, -0.1) is 0 Å². The van der Waals surface area contributed by atoms with Crippen LogP contribution in [0.15, 0.2) is 54.1 Å². The Morgan fingerprint density at radius 3 is 2.32 bits per heavy atom. The molecule has 0 aliphatic heterocycles. The highest BCUT2D eigenvalue weighted by atomic mass is 16.6. The molecule has 2 aromatic carbocycles. The molecule has 8 atom stereocenters. The van der Waals surface area contributed by atoms with Gasteiger partial charge in [0, 0.05) is 23.2 Å². The third-order valence-electron chi connectivity index (χ3n) is 8.59. The number of aromatic hydroxyl groups is 1. The Bertz CT molecular complexity index is 1470. The molecule has 2 fully saturated rings. The van der Waals surface area contributed by atoms with E-state index in [0.717, 1.165) is 0 Å². The molecule has 2 saturated carbocycles. The lowest BCUT2D eigenvalue weighted by atomic mass is 9.51. The number of phenols is 1. The molecule has 0 aromatic heterocycles. The van der Waals surface area contributed by atoms with Gasteiger partial charge in [-0.25, -0.2) is 4.79 Å². The number of carbonyl (C=O) groups is 4. The van der Waals surface area contributed by atoms with Crippen molar-refractivity contribution in [2.24, 2.45) is 23.5 Å². The maximum absolute atomic E-state index is 14.2. The maximum atomic E-state index is 14.2. The predicted molar refractivity (Wildman–Crippen MR) is 145 cm³/mol. The number of Topliss-reactive ketones (excluding diaryl/α,β-unsaturated/α-hetero) is 2. The van der Waals surface area contributed by atoms with Gasteiger partial charge in [-0.1, -0.05) is 37.3 Å². The number of ketones is 2. The second-order valence-corrected chi connectivity index (χ2v) is 11.0. The van der Waals surface area contributed by atoms with Crippen molar-refractivity contribution in [3.63, 3.8) is 0 Å². The van der Waals surface area contributed by atoms with E-state index < -0.39 is 82.4 Å². The number of benzene rings is 2. The monoisotopic (exact) mass is 565 g/mol. The number of fused-ring (bicyclic) bond motifs is 3. The number of nitrogens with one attached hydrogen (secondary N) is 1. The van der Waals surface area contributed by atoms with Crippen LogP contribution in [-0.2, 0) is 19.1 Å². The second-order valence-electron chi connectivity index (χ2n) is 11.0. The number of likely N-dealkylation sites (N-methyl/N-ethyl adjacent to an activating group) is 1. The molecule has 7 N–H and O–H groups in total. The third kappa shape index (κ3) is 4.09. The number of phenolic OH excluding ortho intramolecular Hbond substituents is 1. The van der Waals surface area contributed by atoms with Crippen molar-refractivity contribution in [2.45, 2.75) is 36.7 Å². The average Bonchev–Trinajstić information content (AvgIpc) is 2.90. The van der Waals surface area contributed by atoms with Crippen LogP contribution in [0.1, 0.15) is 24.0 Å². The van der Waals surface area contributed by atoms with Crippen LogP contribution in [0.4, 0.5) is 10.5 Å². The van der Waals surface area contributed by atoms with E-state index in [1.165, 1.54) is 25.1 Å². The standard InChI is InChI=1S/C29H31N3O9/c1-12-14-10-7-11-15(33)17(14)22(34)18-16(12)24(41-28(39)31-13-8-5-4-6-9-13)20-21(32(2)3)23(35)19(27(30)38)26(37)29(20,40)25(18)36/h4-12,16,19-21,23-24,33-35,40H,1-3H3,(H2,30,38)(H,31,39)/t12-,16+,19?,20+,21-,23?,24-,29-/m0/s1. The van der Waals surface area contributed by atoms with E-state index in [1.54, 1.807) is 49.4 Å². The fourth-order valence-electron chi connectivity index (χ4n) is 6.84. The minimum atomic E-state index is -3.02. The van der Waals surface area contributed by atoms with Crippen LogP contribution in [0.3, 0.4) is 0 Å². The summed E-state index contributed by atoms with van der Waals surface area (Å²) >= 11 is 0. The Labute approximate surface area is 235 Å². The molecule has 2 unspecified atom stereocenters. The number of ether oxygens (including phenoxy) is 1. The SMILES string of the molecule is C[C@H]1c2cccc(O)c2C(O)=C2C(=O)[C@]3(O)C(=O)C(C(N)=O)C(O)[C@@H](N(C)C)[C@@H]3[C@@H](OC(=O)Nc3ccccc3)[C@@H]21. The van der Waals surface area contributed by atoms with Crippen molar-refractivity contribution < 1.29 is 44.3 Å². The first-order valence-electron chi connectivity index (χ1n) is 13.1. The quantitative estimate of drug-likeness (QED) is 0.290. The van der Waals surface area contributed by atoms with Gasteiger partial charge in [0.2, 0.25) is 11.7 Å². The van der Waals surface area contributed by atoms with E-state index in [1.807, 2.05) is 0 Å². The van der Waals surface area contributed by atoms with E-state index in [0.29, 0.717) is 11.3 Å². The Morgan fingerprint density at radius 1 is 1.05 bits per heavy atom. The van der Waals surface area contributed by atoms with Gasteiger partial charge in [-0.3, -0.25) is 19.7 Å². The summed E-state index contributed by atoms with van der Waals surface area (Å²) in [6, 6.07) is 11.5. The number of aliphatic hydroxyl groups excluding tert-OH is 2. The van der Waals surface area contributed by atoms with Gasteiger partial charge >= 0.3 is 6.09 Å². The van der Waals surface area contributed by atoms with Crippen LogP contribution in [0, 0.1) is 17.8 Å². The van der Waals surface area contributed by atoms with Gasteiger partial charge < -0.3 is 35.8 Å². The number of hydrogen-bond donors (Lipinski definition) is 6. The number of anilines is 1. The van der Waals surface area contributed by atoms with Gasteiger partial charge in [0.1, 0.15) is 23.5 Å². The van der Waals surface area contributed by atoms with Crippen LogP contribution in [-0.4, -0.2) is 86.8 Å². The zero-order chi connectivity index (χ0) is 30.0. The lowest BCUT2D eigenvalue weighted by Crippen LogP contribution is -2.77. The van der Waals surface area contributed by atoms with Crippen LogP contribution in [0.2, 0.25) is 0 Å². The molecule has 3 aliphatic rings. The van der Waals surface area contributed by atoms with Gasteiger partial charge in [0.15, 0.2) is 11.4 Å². The van der Waals surface area contributed by atoms with Crippen molar-refractivity contribution in [1.29, 1.82) is 0 Å². The Kier molecular flexibility index (Phi) is 6.88. The van der Waals surface area contributed by atoms with Crippen molar-refractivity contribution in [1.82, 2.24) is 4.90 Å². The largest absolute Gasteiger partial charge is 0.507 e. The molecule has 12 heteroatoms. The fraction of sp³-hybridized carbons (Fsp3) is 0.379. The highest BCUT2D eigenvalue weighted by Gasteiger charge is 2.72. The molecule has 12 nitrogen and oxygen atoms in total. The predicted octanol–water partition coefficient (Wildman–Crippen LogP) is 0.917. The highest BCUT2D eigenvalue weighted by molar-refractivity contribution is 6.25. The minimum absolute atomic E-state index is 0.0620. The van der Waals surface area contributed by atoms with Crippen LogP contribution < -0.4 is 11.1 Å². The molecule has 0 heterocycles. The number of para-hydroxylation sites is 1. The molecule has 0 bridgehead atoms. The smallest absolute Gasteiger partial charge is 0.411 e. The first kappa shape index (κ1) is 28.3. The summed E-state index contributed by atoms with van der Waals surface area (Å²) in [6.45, 7) is 1.69. The van der Waals surface area contributed by atoms with Crippen molar-refractivity contribution >= 4 is 35.0 Å². The maximum Gasteiger partial charge on any atom is 0.411 e. The average molecular weight is 566 g/mol. The van der Waals surface area contributed by atoms with Gasteiger partial charge in [0.05, 0.1) is 17.6 Å².